The molecule has 6 aromatic carbocycles. The molecular formula is C52H34BF24N. The van der Waals surface area contributed by atoms with E-state index in [2.05, 4.69) is 80.8 Å². The predicted octanol–water partition coefficient (Wildman–Crippen LogP) is 15.6. The van der Waals surface area contributed by atoms with Crippen LogP contribution < -0.4 is 26.4 Å². The lowest BCUT2D eigenvalue weighted by atomic mass is 9.12. The Morgan fingerprint density at radius 1 is 0.321 bits per heavy atom. The summed E-state index contributed by atoms with van der Waals surface area (Å²) in [5, 5.41) is 2.74. The zero-order chi connectivity index (χ0) is 58.9. The molecule has 0 aliphatic heterocycles. The highest BCUT2D eigenvalue weighted by Crippen LogP contribution is 2.41. The second-order valence-electron chi connectivity index (χ2n) is 18.1. The number of fused-ring (bicyclic) bond motifs is 1. The number of halogens is 24. The molecule has 1 aromatic heterocycles. The summed E-state index contributed by atoms with van der Waals surface area (Å²) in [4.78, 5) is 0. The van der Waals surface area contributed by atoms with E-state index in [0.29, 0.717) is 0 Å². The summed E-state index contributed by atoms with van der Waals surface area (Å²) >= 11 is 0. The Hall–Kier alpha value is -6.89. The lowest BCUT2D eigenvalue weighted by molar-refractivity contribution is -0.698. The van der Waals surface area contributed by atoms with Gasteiger partial charge in [-0.25, -0.2) is 0 Å². The van der Waals surface area contributed by atoms with E-state index in [-0.39, 0.29) is 0 Å². The highest BCUT2D eigenvalue weighted by Gasteiger charge is 2.47. The number of hydrogen-bond acceptors (Lipinski definition) is 0. The van der Waals surface area contributed by atoms with Crippen LogP contribution in [-0.2, 0) is 56.0 Å². The number of alkyl halides is 24. The Morgan fingerprint density at radius 2 is 0.590 bits per heavy atom. The molecular weight excluding hydrogens is 1110 g/mol. The van der Waals surface area contributed by atoms with Gasteiger partial charge in [0.25, 0.3) is 0 Å². The number of rotatable bonds is 6. The number of benzene rings is 6. The van der Waals surface area contributed by atoms with Crippen molar-refractivity contribution in [2.24, 2.45) is 0 Å². The molecule has 7 rings (SSSR count). The van der Waals surface area contributed by atoms with Crippen molar-refractivity contribution in [1.29, 1.82) is 0 Å². The molecule has 0 amide bonds. The Morgan fingerprint density at radius 3 is 0.846 bits per heavy atom. The molecule has 0 atom stereocenters. The number of hydrogen-bond donors (Lipinski definition) is 0. The van der Waals surface area contributed by atoms with E-state index in [1.807, 2.05) is 0 Å². The number of nitrogens with zero attached hydrogens (tertiary/aromatic N) is 1. The van der Waals surface area contributed by atoms with Crippen LogP contribution in [0.1, 0.15) is 72.6 Å². The summed E-state index contributed by atoms with van der Waals surface area (Å²) in [7, 11) is 0. The Kier molecular flexibility index (Phi) is 15.8. The van der Waals surface area contributed by atoms with Crippen molar-refractivity contribution in [1.82, 2.24) is 0 Å². The minimum atomic E-state index is -6.13. The minimum absolute atomic E-state index is 0.691. The predicted molar refractivity (Wildman–Crippen MR) is 239 cm³/mol. The molecule has 1 nitrogen and oxygen atoms in total. The van der Waals surface area contributed by atoms with Gasteiger partial charge in [-0.3, -0.25) is 0 Å². The molecule has 7 aromatic rings. The summed E-state index contributed by atoms with van der Waals surface area (Å²) in [6.45, 7) is 9.77. The summed E-state index contributed by atoms with van der Waals surface area (Å²) in [6, 6.07) is 8.67. The van der Waals surface area contributed by atoms with E-state index in [1.54, 1.807) is 0 Å². The third-order valence-corrected chi connectivity index (χ3v) is 13.0. The quantitative estimate of drug-likeness (QED) is 0.0888. The third kappa shape index (κ3) is 12.8. The zero-order valence-electron chi connectivity index (χ0n) is 39.8. The highest BCUT2D eigenvalue weighted by molar-refractivity contribution is 7.20. The van der Waals surface area contributed by atoms with Gasteiger partial charge < -0.3 is 0 Å². The molecule has 0 bridgehead atoms. The van der Waals surface area contributed by atoms with Crippen LogP contribution in [0.15, 0.2) is 121 Å². The van der Waals surface area contributed by atoms with Gasteiger partial charge in [0, 0.05) is 30.9 Å². The molecule has 418 valence electrons. The molecule has 0 saturated carbocycles. The molecule has 78 heavy (non-hydrogen) atoms. The lowest BCUT2D eigenvalue weighted by Gasteiger charge is -2.46. The number of aromatic nitrogens is 1. The second-order valence-corrected chi connectivity index (χ2v) is 18.1. The first-order valence-electron chi connectivity index (χ1n) is 22.1. The molecule has 26 heteroatoms. The highest BCUT2D eigenvalue weighted by atomic mass is 19.4. The van der Waals surface area contributed by atoms with Crippen LogP contribution in [-0.4, -0.2) is 6.15 Å². The maximum absolute atomic E-state index is 14.2. The van der Waals surface area contributed by atoms with E-state index in [1.165, 1.54) is 38.9 Å². The second kappa shape index (κ2) is 20.4. The normalized spacial score (nSPS) is 13.4. The summed E-state index contributed by atoms with van der Waals surface area (Å²) in [5.41, 5.74) is -23.4. The fourth-order valence-electron chi connectivity index (χ4n) is 9.12. The summed E-state index contributed by atoms with van der Waals surface area (Å²) in [6.07, 6.45) is -54.8. The van der Waals surface area contributed by atoms with E-state index in [9.17, 15) is 105 Å². The van der Waals surface area contributed by atoms with Gasteiger partial charge in [-0.1, -0.05) is 84.9 Å². The van der Waals surface area contributed by atoms with Crippen molar-refractivity contribution in [3.8, 4) is 0 Å². The van der Waals surface area contributed by atoms with Gasteiger partial charge >= 0.3 is 49.4 Å². The maximum atomic E-state index is 14.2. The Bertz CT molecular complexity index is 2920. The Labute approximate surface area is 425 Å². The van der Waals surface area contributed by atoms with Crippen LogP contribution >= 0.6 is 0 Å². The maximum Gasteiger partial charge on any atom is 0.416 e. The van der Waals surface area contributed by atoms with Crippen molar-refractivity contribution in [2.45, 2.75) is 83.7 Å². The van der Waals surface area contributed by atoms with Crippen molar-refractivity contribution < 1.29 is 110 Å². The van der Waals surface area contributed by atoms with Crippen LogP contribution in [0.5, 0.6) is 0 Å². The van der Waals surface area contributed by atoms with Crippen molar-refractivity contribution >= 4 is 38.8 Å². The topological polar surface area (TPSA) is 3.88 Å². The fourth-order valence-corrected chi connectivity index (χ4v) is 9.12. The van der Waals surface area contributed by atoms with Crippen LogP contribution in [0.2, 0.25) is 0 Å². The van der Waals surface area contributed by atoms with E-state index in [4.69, 9.17) is 0 Å². The van der Waals surface area contributed by atoms with Gasteiger partial charge in [-0.05, 0) is 60.7 Å². The molecule has 0 N–H and O–H groups in total. The smallest absolute Gasteiger partial charge is 0.195 e. The van der Waals surface area contributed by atoms with Crippen LogP contribution in [0, 0.1) is 27.7 Å². The largest absolute Gasteiger partial charge is 0.416 e. The molecule has 1 heterocycles. The first-order valence-corrected chi connectivity index (χ1v) is 22.1. The lowest BCUT2D eigenvalue weighted by Crippen LogP contribution is -2.75. The number of aryl methyl sites for hydroxylation is 4. The van der Waals surface area contributed by atoms with Gasteiger partial charge in [0.2, 0.25) is 0 Å². The van der Waals surface area contributed by atoms with Crippen LogP contribution in [0.3, 0.4) is 0 Å². The van der Waals surface area contributed by atoms with Crippen molar-refractivity contribution in [2.75, 3.05) is 0 Å². The number of pyridine rings is 1. The van der Waals surface area contributed by atoms with E-state index in [0.717, 1.165) is 6.54 Å². The van der Waals surface area contributed by atoms with E-state index < -0.39 is 195 Å². The van der Waals surface area contributed by atoms with Crippen LogP contribution in [0.4, 0.5) is 105 Å². The average Bonchev–Trinajstić information content (AvgIpc) is 3.32. The van der Waals surface area contributed by atoms with Gasteiger partial charge in [-0.15, -0.1) is 0 Å². The molecule has 0 radical (unpaired) electrons. The summed E-state index contributed by atoms with van der Waals surface area (Å²) in [5.74, 6) is 0. The standard InChI is InChI=1S/C32H12BF24.C20H22N/c34-25(35,36)13-1-14(26(37,38)39)6-21(5-13)33(22-7-15(27(40,41)42)2-16(8-22)28(43,44)45,23-9-17(29(46,47)48)3-18(10-23)30(49,50)51)24-11-19(31(52,53)54)4-20(12-24)32(55,56)57;1-14-10-11-19-17(4)21(13-18-8-6-5-7-9-18)15(2)12-20(19)16(14)3/h1-12H;5-12H,13H2,1-4H3/q-1;+1. The SMILES string of the molecule is Cc1ccc2c(C)[n+](Cc3ccccc3)c(C)cc2c1C.FC(F)(F)c1cc([B-](c2cc(C(F)(F)F)cc(C(F)(F)F)c2)(c2cc(C(F)(F)F)cc(C(F)(F)F)c2)c2cc(C(F)(F)F)cc(C(F)(F)F)c2)cc(C(F)(F)F)c1. The molecule has 0 aliphatic rings. The molecule has 0 unspecified atom stereocenters. The van der Waals surface area contributed by atoms with Gasteiger partial charge in [0.05, 0.1) is 44.5 Å². The molecule has 0 aliphatic carbocycles. The van der Waals surface area contributed by atoms with Crippen LogP contribution in [0.25, 0.3) is 10.8 Å². The fraction of sp³-hybridized carbons (Fsp3) is 0.250. The molecule has 0 saturated heterocycles. The van der Waals surface area contributed by atoms with Gasteiger partial charge in [0.1, 0.15) is 6.15 Å². The molecule has 0 spiro atoms. The monoisotopic (exact) mass is 1140 g/mol. The van der Waals surface area contributed by atoms with E-state index >= 15 is 0 Å². The first-order chi connectivity index (χ1) is 35.3. The van der Waals surface area contributed by atoms with Crippen molar-refractivity contribution in [3.63, 3.8) is 0 Å². The zero-order valence-corrected chi connectivity index (χ0v) is 39.8. The van der Waals surface area contributed by atoms with Crippen molar-refractivity contribution in [3.05, 3.63) is 194 Å². The van der Waals surface area contributed by atoms with Gasteiger partial charge in [0.15, 0.2) is 17.9 Å². The minimum Gasteiger partial charge on any atom is -0.195 e. The molecule has 0 fully saturated rings. The van der Waals surface area contributed by atoms with Gasteiger partial charge in [-0.2, -0.15) is 132 Å². The average molecular weight is 1140 g/mol. The summed E-state index contributed by atoms with van der Waals surface area (Å²) < 4.78 is 343. The first kappa shape index (κ1) is 60.3. The Balaban J connectivity index is 0.000000387. The third-order valence-electron chi connectivity index (χ3n) is 13.0.